The molecule has 3 N–H and O–H groups in total. The number of hydrogen-bond acceptors (Lipinski definition) is 4. The van der Waals surface area contributed by atoms with Crippen LogP contribution in [0.1, 0.15) is 53.9 Å². The highest BCUT2D eigenvalue weighted by molar-refractivity contribution is 14.0. The van der Waals surface area contributed by atoms with Gasteiger partial charge in [-0.05, 0) is 60.0 Å². The van der Waals surface area contributed by atoms with Crippen molar-refractivity contribution in [3.05, 3.63) is 0 Å². The molecule has 0 saturated carbocycles. The Labute approximate surface area is 176 Å². The summed E-state index contributed by atoms with van der Waals surface area (Å²) in [7, 11) is 1.76. The van der Waals surface area contributed by atoms with Gasteiger partial charge in [-0.3, -0.25) is 9.89 Å². The molecule has 2 unspecified atom stereocenters. The summed E-state index contributed by atoms with van der Waals surface area (Å²) in [5, 5.41) is 3.14. The van der Waals surface area contributed by atoms with Gasteiger partial charge < -0.3 is 20.7 Å². The monoisotopic (exact) mass is 483 g/mol. The van der Waals surface area contributed by atoms with Crippen molar-refractivity contribution in [1.29, 1.82) is 0 Å². The smallest absolute Gasteiger partial charge is 0.410 e. The number of nitrogens with one attached hydrogen (secondary N) is 1. The molecule has 0 aromatic rings. The van der Waals surface area contributed by atoms with Gasteiger partial charge in [0, 0.05) is 25.7 Å². The van der Waals surface area contributed by atoms with Gasteiger partial charge in [0.1, 0.15) is 5.60 Å². The second-order valence-electron chi connectivity index (χ2n) is 7.81. The first-order valence-electron chi connectivity index (χ1n) is 9.37. The number of ether oxygens (including phenoxy) is 1. The molecule has 0 spiro atoms. The number of carbonyl (C=O) groups is 1. The van der Waals surface area contributed by atoms with E-state index in [4.69, 9.17) is 10.5 Å². The average Bonchev–Trinajstić information content (AvgIpc) is 2.97. The molecule has 0 aromatic heterocycles. The van der Waals surface area contributed by atoms with Crippen LogP contribution in [0.4, 0.5) is 4.79 Å². The van der Waals surface area contributed by atoms with Crippen LogP contribution in [0.15, 0.2) is 4.99 Å². The topological polar surface area (TPSA) is 83.2 Å². The molecule has 1 heterocycles. The Bertz CT molecular complexity index is 453. The van der Waals surface area contributed by atoms with Crippen LogP contribution >= 0.6 is 24.0 Å². The van der Waals surface area contributed by atoms with Gasteiger partial charge >= 0.3 is 6.09 Å². The molecule has 1 saturated heterocycles. The first-order valence-corrected chi connectivity index (χ1v) is 9.37. The van der Waals surface area contributed by atoms with Crippen molar-refractivity contribution < 1.29 is 9.53 Å². The Hall–Kier alpha value is -0.770. The summed E-state index contributed by atoms with van der Waals surface area (Å²) in [6, 6.07) is 0.572. The zero-order chi connectivity index (χ0) is 19.0. The van der Waals surface area contributed by atoms with E-state index >= 15 is 0 Å². The van der Waals surface area contributed by atoms with Gasteiger partial charge in [-0.15, -0.1) is 24.0 Å². The van der Waals surface area contributed by atoms with Crippen molar-refractivity contribution in [3.63, 3.8) is 0 Å². The molecule has 7 nitrogen and oxygen atoms in total. The highest BCUT2D eigenvalue weighted by Crippen LogP contribution is 2.16. The number of likely N-dealkylation sites (tertiary alicyclic amines) is 1. The summed E-state index contributed by atoms with van der Waals surface area (Å²) in [6.07, 6.45) is 2.91. The van der Waals surface area contributed by atoms with E-state index in [2.05, 4.69) is 22.1 Å². The largest absolute Gasteiger partial charge is 0.444 e. The third-order valence-electron chi connectivity index (χ3n) is 4.59. The highest BCUT2D eigenvalue weighted by atomic mass is 127. The first-order chi connectivity index (χ1) is 11.6. The number of halogens is 1. The molecule has 8 heteroatoms. The summed E-state index contributed by atoms with van der Waals surface area (Å²) < 4.78 is 5.38. The van der Waals surface area contributed by atoms with Crippen molar-refractivity contribution in [1.82, 2.24) is 15.1 Å². The van der Waals surface area contributed by atoms with Gasteiger partial charge in [-0.1, -0.05) is 6.92 Å². The molecule has 154 valence electrons. The van der Waals surface area contributed by atoms with E-state index in [9.17, 15) is 4.79 Å². The minimum atomic E-state index is -0.479. The van der Waals surface area contributed by atoms with Crippen molar-refractivity contribution in [2.75, 3.05) is 33.2 Å². The summed E-state index contributed by atoms with van der Waals surface area (Å²) >= 11 is 0. The normalized spacial score (nSPS) is 19.6. The molecule has 1 rings (SSSR count). The number of amides is 1. The molecular formula is C18H38IN5O2. The fourth-order valence-electron chi connectivity index (χ4n) is 2.89. The fourth-order valence-corrected chi connectivity index (χ4v) is 2.89. The maximum atomic E-state index is 12.0. The van der Waals surface area contributed by atoms with E-state index in [-0.39, 0.29) is 36.1 Å². The lowest BCUT2D eigenvalue weighted by Crippen LogP contribution is -2.42. The molecule has 2 atom stereocenters. The summed E-state index contributed by atoms with van der Waals surface area (Å²) in [5.41, 5.74) is 5.48. The van der Waals surface area contributed by atoms with Crippen LogP contribution in [0.25, 0.3) is 0 Å². The molecule has 0 aliphatic carbocycles. The van der Waals surface area contributed by atoms with Crippen LogP contribution in [-0.2, 0) is 4.74 Å². The van der Waals surface area contributed by atoms with Crippen LogP contribution in [0.3, 0.4) is 0 Å². The minimum Gasteiger partial charge on any atom is -0.444 e. The van der Waals surface area contributed by atoms with Gasteiger partial charge in [0.2, 0.25) is 0 Å². The van der Waals surface area contributed by atoms with Crippen molar-refractivity contribution >= 4 is 36.0 Å². The van der Waals surface area contributed by atoms with Crippen LogP contribution in [0.2, 0.25) is 0 Å². The van der Waals surface area contributed by atoms with Gasteiger partial charge in [-0.25, -0.2) is 4.79 Å². The summed E-state index contributed by atoms with van der Waals surface area (Å²) in [6.45, 7) is 13.4. The van der Waals surface area contributed by atoms with Gasteiger partial charge in [-0.2, -0.15) is 0 Å². The van der Waals surface area contributed by atoms with Gasteiger partial charge in [0.25, 0.3) is 0 Å². The third-order valence-corrected chi connectivity index (χ3v) is 4.59. The van der Waals surface area contributed by atoms with E-state index in [0.717, 1.165) is 19.5 Å². The van der Waals surface area contributed by atoms with Gasteiger partial charge in [0.15, 0.2) is 5.96 Å². The van der Waals surface area contributed by atoms with Crippen molar-refractivity contribution in [3.8, 4) is 0 Å². The van der Waals surface area contributed by atoms with Gasteiger partial charge in [0.05, 0.1) is 6.54 Å². The third kappa shape index (κ3) is 9.25. The highest BCUT2D eigenvalue weighted by Gasteiger charge is 2.23. The zero-order valence-corrected chi connectivity index (χ0v) is 19.6. The van der Waals surface area contributed by atoms with Crippen LogP contribution in [0, 0.1) is 0 Å². The van der Waals surface area contributed by atoms with Crippen molar-refractivity contribution in [2.45, 2.75) is 71.6 Å². The standard InChI is InChI=1S/C18H37N5O2.HI/c1-7-23-12-8-9-15(23)13-21-16(19)20-11-10-14(2)22(6)17(24)25-18(3,4)5;/h14-15H,7-13H2,1-6H3,(H3,19,20,21);1H. The fraction of sp³-hybridized carbons (Fsp3) is 0.889. The van der Waals surface area contributed by atoms with Crippen LogP contribution in [-0.4, -0.2) is 72.8 Å². The van der Waals surface area contributed by atoms with E-state index in [1.54, 1.807) is 11.9 Å². The lowest BCUT2D eigenvalue weighted by Gasteiger charge is -2.28. The number of likely N-dealkylation sites (N-methyl/N-ethyl adjacent to an activating group) is 1. The molecule has 26 heavy (non-hydrogen) atoms. The molecule has 0 bridgehead atoms. The Morgan fingerprint density at radius 1 is 1.46 bits per heavy atom. The second kappa shape index (κ2) is 11.8. The molecule has 1 fully saturated rings. The molecule has 1 amide bonds. The Morgan fingerprint density at radius 2 is 2.12 bits per heavy atom. The maximum absolute atomic E-state index is 12.0. The predicted molar refractivity (Wildman–Crippen MR) is 118 cm³/mol. The SMILES string of the molecule is CCN1CCCC1CN=C(N)NCCC(C)N(C)C(=O)OC(C)(C)C.I. The number of hydrogen-bond donors (Lipinski definition) is 2. The van der Waals surface area contributed by atoms with E-state index in [1.807, 2.05) is 27.7 Å². The number of aliphatic imine (C=N–C) groups is 1. The Morgan fingerprint density at radius 3 is 2.69 bits per heavy atom. The van der Waals surface area contributed by atoms with Crippen LogP contribution < -0.4 is 11.1 Å². The lowest BCUT2D eigenvalue weighted by molar-refractivity contribution is 0.0231. The Kier molecular flexibility index (Phi) is 11.5. The predicted octanol–water partition coefficient (Wildman–Crippen LogP) is 2.64. The molecule has 0 aromatic carbocycles. The average molecular weight is 483 g/mol. The van der Waals surface area contributed by atoms with E-state index < -0.39 is 5.60 Å². The van der Waals surface area contributed by atoms with Crippen LogP contribution in [0.5, 0.6) is 0 Å². The zero-order valence-electron chi connectivity index (χ0n) is 17.2. The van der Waals surface area contributed by atoms with Crippen molar-refractivity contribution in [2.24, 2.45) is 10.7 Å². The quantitative estimate of drug-likeness (QED) is 0.331. The van der Waals surface area contributed by atoms with E-state index in [1.165, 1.54) is 19.4 Å². The summed E-state index contributed by atoms with van der Waals surface area (Å²) in [4.78, 5) is 20.6. The molecule has 0 radical (unpaired) electrons. The number of guanidine groups is 1. The lowest BCUT2D eigenvalue weighted by atomic mass is 10.2. The molecule has 1 aliphatic heterocycles. The number of rotatable bonds is 7. The number of carbonyl (C=O) groups excluding carboxylic acids is 1. The number of nitrogens with two attached hydrogens (primary N) is 1. The first kappa shape index (κ1) is 25.2. The number of nitrogens with zero attached hydrogens (tertiary/aromatic N) is 3. The van der Waals surface area contributed by atoms with E-state index in [0.29, 0.717) is 18.5 Å². The molecular weight excluding hydrogens is 445 g/mol. The summed E-state index contributed by atoms with van der Waals surface area (Å²) in [5.74, 6) is 0.482. The maximum Gasteiger partial charge on any atom is 0.410 e. The Balaban J connectivity index is 0.00000625. The minimum absolute atomic E-state index is 0. The second-order valence-corrected chi connectivity index (χ2v) is 7.81. The molecule has 1 aliphatic rings.